The van der Waals surface area contributed by atoms with Gasteiger partial charge in [0.2, 0.25) is 5.91 Å². The van der Waals surface area contributed by atoms with Crippen molar-refractivity contribution in [2.45, 2.75) is 85.5 Å². The molecule has 1 radical (unpaired) electrons. The minimum atomic E-state index is 0.142. The Balaban J connectivity index is 1.43. The molecule has 8 rings (SSSR count). The fourth-order valence-corrected chi connectivity index (χ4v) is 8.70. The molecule has 0 saturated carbocycles. The zero-order valence-corrected chi connectivity index (χ0v) is 33.0. The lowest BCUT2D eigenvalue weighted by Crippen LogP contribution is -2.53. The third kappa shape index (κ3) is 5.97. The molecule has 7 aromatic rings. The van der Waals surface area contributed by atoms with Crippen LogP contribution in [0, 0.1) is 6.17 Å². The quantitative estimate of drug-likeness (QED) is 0.157. The lowest BCUT2D eigenvalue weighted by molar-refractivity contribution is -0.118. The molecule has 273 valence electrons. The Kier molecular flexibility index (Phi) is 9.34. The van der Waals surface area contributed by atoms with Gasteiger partial charge in [-0.3, -0.25) is 9.69 Å². The van der Waals surface area contributed by atoms with Crippen LogP contribution in [0.5, 0.6) is 0 Å². The van der Waals surface area contributed by atoms with Gasteiger partial charge in [-0.25, -0.2) is 0 Å². The van der Waals surface area contributed by atoms with Crippen molar-refractivity contribution >= 4 is 49.9 Å². The summed E-state index contributed by atoms with van der Waals surface area (Å²) in [5, 5.41) is 4.81. The summed E-state index contributed by atoms with van der Waals surface area (Å²) < 4.78 is 2.39. The molecule has 0 bridgehead atoms. The Labute approximate surface area is 321 Å². The molecule has 0 aliphatic carbocycles. The zero-order valence-electron chi connectivity index (χ0n) is 33.0. The normalized spacial score (nSPS) is 14.3. The third-order valence-corrected chi connectivity index (χ3v) is 11.4. The second-order valence-corrected chi connectivity index (χ2v) is 16.3. The van der Waals surface area contributed by atoms with Gasteiger partial charge in [-0.2, -0.15) is 0 Å². The second-order valence-electron chi connectivity index (χ2n) is 16.3. The molecule has 54 heavy (non-hydrogen) atoms. The van der Waals surface area contributed by atoms with E-state index in [9.17, 15) is 4.79 Å². The van der Waals surface area contributed by atoms with Gasteiger partial charge in [0, 0.05) is 40.7 Å². The van der Waals surface area contributed by atoms with Gasteiger partial charge in [-0.1, -0.05) is 146 Å². The van der Waals surface area contributed by atoms with E-state index in [2.05, 4.69) is 191 Å². The highest BCUT2D eigenvalue weighted by Gasteiger charge is 2.42. The summed E-state index contributed by atoms with van der Waals surface area (Å²) in [6.07, 6.45) is 1.38. The molecule has 0 atom stereocenters. The van der Waals surface area contributed by atoms with E-state index in [1.54, 1.807) is 0 Å². The number of carbonyl (C=O) groups is 1. The number of fused-ring (bicyclic) bond motifs is 4. The molecule has 4 heteroatoms. The van der Waals surface area contributed by atoms with E-state index in [4.69, 9.17) is 0 Å². The number of benzene rings is 6. The molecular weight excluding hydrogens is 659 g/mol. The average molecular weight is 711 g/mol. The number of amides is 1. The zero-order chi connectivity index (χ0) is 37.8. The van der Waals surface area contributed by atoms with Crippen LogP contribution in [0.3, 0.4) is 0 Å². The van der Waals surface area contributed by atoms with Gasteiger partial charge >= 0.3 is 0 Å². The van der Waals surface area contributed by atoms with Crippen molar-refractivity contribution in [3.05, 3.63) is 155 Å². The molecule has 2 heterocycles. The molecule has 0 N–H and O–H groups in total. The molecule has 1 aliphatic rings. The predicted octanol–water partition coefficient (Wildman–Crippen LogP) is 13.2. The largest absolute Gasteiger partial charge is 0.340 e. The maximum absolute atomic E-state index is 14.8. The van der Waals surface area contributed by atoms with E-state index in [-0.39, 0.29) is 17.7 Å². The molecule has 1 amide bonds. The molecular formula is C50H52N3O. The molecule has 4 nitrogen and oxygen atoms in total. The van der Waals surface area contributed by atoms with Gasteiger partial charge in [0.25, 0.3) is 0 Å². The van der Waals surface area contributed by atoms with Gasteiger partial charge in [0.15, 0.2) is 6.17 Å². The highest BCUT2D eigenvalue weighted by atomic mass is 16.2. The minimum Gasteiger partial charge on any atom is -0.340 e. The Bertz CT molecular complexity index is 2470. The van der Waals surface area contributed by atoms with Crippen LogP contribution in [0.15, 0.2) is 121 Å². The van der Waals surface area contributed by atoms with Crippen molar-refractivity contribution in [2.24, 2.45) is 0 Å². The molecule has 1 aromatic heterocycles. The second kappa shape index (κ2) is 14.1. The minimum absolute atomic E-state index is 0.142. The maximum Gasteiger partial charge on any atom is 0.231 e. The fraction of sp³-hybridized carbons (Fsp3) is 0.280. The highest BCUT2D eigenvalue weighted by Crippen LogP contribution is 2.47. The van der Waals surface area contributed by atoms with E-state index < -0.39 is 0 Å². The maximum atomic E-state index is 14.8. The van der Waals surface area contributed by atoms with Crippen molar-refractivity contribution in [1.29, 1.82) is 0 Å². The summed E-state index contributed by atoms with van der Waals surface area (Å²) in [7, 11) is 0. The SMILES string of the molecule is CC(C)c1cccc(C(C)C)c1N1CCC(=O)N(c2c(C(C)C)cccc2C(C)C)[C]1c1ccc2c(c1)c1ccccc1n2-c1ccc2ccccc2c1. The predicted molar refractivity (Wildman–Crippen MR) is 229 cm³/mol. The highest BCUT2D eigenvalue weighted by molar-refractivity contribution is 6.10. The number of hydrogen-bond donors (Lipinski definition) is 0. The first kappa shape index (κ1) is 35.7. The Morgan fingerprint density at radius 2 is 1.06 bits per heavy atom. The molecule has 6 aromatic carbocycles. The lowest BCUT2D eigenvalue weighted by Gasteiger charge is -2.47. The third-order valence-electron chi connectivity index (χ3n) is 11.4. The molecule has 1 saturated heterocycles. The summed E-state index contributed by atoms with van der Waals surface area (Å²) in [6.45, 7) is 18.7. The first-order valence-corrected chi connectivity index (χ1v) is 19.8. The molecule has 1 fully saturated rings. The van der Waals surface area contributed by atoms with Crippen LogP contribution in [0.2, 0.25) is 0 Å². The van der Waals surface area contributed by atoms with Crippen LogP contribution in [0.1, 0.15) is 113 Å². The van der Waals surface area contributed by atoms with Crippen molar-refractivity contribution in [3.63, 3.8) is 0 Å². The number of carbonyl (C=O) groups excluding carboxylic acids is 1. The van der Waals surface area contributed by atoms with Gasteiger partial charge in [-0.05, 0) is 87.0 Å². The fourth-order valence-electron chi connectivity index (χ4n) is 8.70. The number of anilines is 2. The molecule has 0 unspecified atom stereocenters. The van der Waals surface area contributed by atoms with Crippen LogP contribution in [0.25, 0.3) is 38.3 Å². The topological polar surface area (TPSA) is 28.5 Å². The van der Waals surface area contributed by atoms with Crippen LogP contribution in [0.4, 0.5) is 11.4 Å². The van der Waals surface area contributed by atoms with E-state index in [0.29, 0.717) is 24.8 Å². The van der Waals surface area contributed by atoms with Crippen LogP contribution < -0.4 is 9.80 Å². The van der Waals surface area contributed by atoms with Crippen LogP contribution in [-0.4, -0.2) is 17.0 Å². The number of aromatic nitrogens is 1. The first-order valence-electron chi connectivity index (χ1n) is 19.8. The van der Waals surface area contributed by atoms with E-state index in [1.165, 1.54) is 49.5 Å². The smallest absolute Gasteiger partial charge is 0.231 e. The monoisotopic (exact) mass is 710 g/mol. The van der Waals surface area contributed by atoms with E-state index in [0.717, 1.165) is 34.1 Å². The molecule has 1 aliphatic heterocycles. The number of nitrogens with zero attached hydrogens (tertiary/aromatic N) is 3. The standard InChI is InChI=1S/C50H52N3O/c1-31(2)39-18-13-19-40(32(3)4)48(39)51-28-27-47(54)53(49-41(33(5)6)20-14-21-42(49)34(7)8)50(51)37-24-26-46-44(30-37)43-17-11-12-22-45(43)52(46)38-25-23-35-15-9-10-16-36(35)29-38/h9-26,29-34H,27-28H2,1-8H3. The van der Waals surface area contributed by atoms with Crippen LogP contribution in [-0.2, 0) is 4.79 Å². The Morgan fingerprint density at radius 3 is 1.69 bits per heavy atom. The Morgan fingerprint density at radius 1 is 0.500 bits per heavy atom. The van der Waals surface area contributed by atoms with E-state index >= 15 is 0 Å². The lowest BCUT2D eigenvalue weighted by atomic mass is 9.88. The number of hydrogen-bond acceptors (Lipinski definition) is 2. The van der Waals surface area contributed by atoms with Gasteiger partial charge in [0.1, 0.15) is 0 Å². The Hall–Kier alpha value is -5.35. The summed E-state index contributed by atoms with van der Waals surface area (Å²) in [5.74, 6) is 1.23. The number of rotatable bonds is 8. The van der Waals surface area contributed by atoms with Crippen molar-refractivity contribution in [1.82, 2.24) is 4.57 Å². The van der Waals surface area contributed by atoms with Gasteiger partial charge < -0.3 is 9.47 Å². The van der Waals surface area contributed by atoms with Crippen LogP contribution >= 0.6 is 0 Å². The van der Waals surface area contributed by atoms with Gasteiger partial charge in [-0.15, -0.1) is 0 Å². The van der Waals surface area contributed by atoms with Crippen molar-refractivity contribution < 1.29 is 4.79 Å². The summed E-state index contributed by atoms with van der Waals surface area (Å²) in [6, 6.07) is 44.3. The summed E-state index contributed by atoms with van der Waals surface area (Å²) >= 11 is 0. The van der Waals surface area contributed by atoms with Crippen molar-refractivity contribution in [2.75, 3.05) is 16.3 Å². The molecule has 0 spiro atoms. The average Bonchev–Trinajstić information content (AvgIpc) is 3.50. The first-order chi connectivity index (χ1) is 26.0. The van der Waals surface area contributed by atoms with Gasteiger partial charge in [0.05, 0.1) is 16.7 Å². The van der Waals surface area contributed by atoms with E-state index in [1.807, 2.05) is 0 Å². The summed E-state index contributed by atoms with van der Waals surface area (Å²) in [4.78, 5) is 19.4. The van der Waals surface area contributed by atoms with Crippen molar-refractivity contribution in [3.8, 4) is 5.69 Å². The number of para-hydroxylation sites is 3. The summed E-state index contributed by atoms with van der Waals surface area (Å²) in [5.41, 5.74) is 11.8.